The number of hydrogen-bond acceptors (Lipinski definition) is 4. The monoisotopic (exact) mass is 394 g/mol. The van der Waals surface area contributed by atoms with Gasteiger partial charge < -0.3 is 19.9 Å². The highest BCUT2D eigenvalue weighted by atomic mass is 19.1. The van der Waals surface area contributed by atoms with Crippen LogP contribution in [0.2, 0.25) is 6.32 Å². The molecule has 3 N–H and O–H groups in total. The van der Waals surface area contributed by atoms with Crippen molar-refractivity contribution >= 4 is 18.8 Å². The van der Waals surface area contributed by atoms with Gasteiger partial charge in [-0.3, -0.25) is 0 Å². The van der Waals surface area contributed by atoms with Crippen molar-refractivity contribution in [1.29, 1.82) is 0 Å². The molecule has 2 aromatic rings. The van der Waals surface area contributed by atoms with Crippen LogP contribution in [0.3, 0.4) is 0 Å². The third-order valence-corrected chi connectivity index (χ3v) is 4.94. The molecule has 0 amide bonds. The Bertz CT molecular complexity index is 924. The lowest BCUT2D eigenvalue weighted by atomic mass is 9.78. The Hall–Kier alpha value is -2.67. The van der Waals surface area contributed by atoms with E-state index in [9.17, 15) is 19.6 Å². The summed E-state index contributed by atoms with van der Waals surface area (Å²) in [6, 6.07) is 14.0. The molecule has 1 heterocycles. The van der Waals surface area contributed by atoms with Crippen molar-refractivity contribution in [2.45, 2.75) is 25.3 Å². The van der Waals surface area contributed by atoms with Crippen LogP contribution in [-0.2, 0) is 4.65 Å². The molecule has 0 radical (unpaired) electrons. The first-order valence-electron chi connectivity index (χ1n) is 9.55. The molecule has 0 aliphatic carbocycles. The average Bonchev–Trinajstić information content (AvgIpc) is 2.73. The molecule has 0 fully saturated rings. The first kappa shape index (κ1) is 21.1. The Morgan fingerprint density at radius 3 is 2.69 bits per heavy atom. The zero-order chi connectivity index (χ0) is 20.8. The number of aromatic hydroxyl groups is 1. The summed E-state index contributed by atoms with van der Waals surface area (Å²) >= 11 is 0. The molecule has 0 bridgehead atoms. The topological polar surface area (TPSA) is 69.9 Å². The van der Waals surface area contributed by atoms with E-state index in [-0.39, 0.29) is 18.5 Å². The summed E-state index contributed by atoms with van der Waals surface area (Å²) in [6.45, 7) is 3.71. The van der Waals surface area contributed by atoms with E-state index in [0.29, 0.717) is 30.3 Å². The van der Waals surface area contributed by atoms with Crippen LogP contribution < -0.4 is 0 Å². The number of benzene rings is 2. The lowest BCUT2D eigenvalue weighted by Gasteiger charge is -2.28. The van der Waals surface area contributed by atoms with Gasteiger partial charge in [-0.25, -0.2) is 4.39 Å². The zero-order valence-electron chi connectivity index (χ0n) is 16.1. The largest absolute Gasteiger partial charge is 0.505 e. The van der Waals surface area contributed by atoms with Gasteiger partial charge in [0.1, 0.15) is 0 Å². The second-order valence-electron chi connectivity index (χ2n) is 7.02. The minimum atomic E-state index is -0.884. The second kappa shape index (κ2) is 9.70. The van der Waals surface area contributed by atoms with Gasteiger partial charge in [-0.1, -0.05) is 55.1 Å². The van der Waals surface area contributed by atoms with Crippen molar-refractivity contribution in [2.75, 3.05) is 6.61 Å². The van der Waals surface area contributed by atoms with Crippen LogP contribution in [0.15, 0.2) is 72.3 Å². The van der Waals surface area contributed by atoms with Gasteiger partial charge in [0.2, 0.25) is 0 Å². The van der Waals surface area contributed by atoms with Crippen molar-refractivity contribution in [3.8, 4) is 5.75 Å². The summed E-state index contributed by atoms with van der Waals surface area (Å²) in [4.78, 5) is 0. The summed E-state index contributed by atoms with van der Waals surface area (Å²) in [7, 11) is -0.884. The van der Waals surface area contributed by atoms with Gasteiger partial charge in [0.05, 0.1) is 12.7 Å². The Balaban J connectivity index is 1.86. The first-order valence-corrected chi connectivity index (χ1v) is 9.55. The van der Waals surface area contributed by atoms with E-state index >= 15 is 0 Å². The molecule has 1 atom stereocenters. The molecule has 2 aromatic carbocycles. The van der Waals surface area contributed by atoms with Crippen LogP contribution in [0.4, 0.5) is 4.39 Å². The highest BCUT2D eigenvalue weighted by Crippen LogP contribution is 2.31. The van der Waals surface area contributed by atoms with E-state index in [0.717, 1.165) is 16.7 Å². The van der Waals surface area contributed by atoms with Gasteiger partial charge in [0, 0.05) is 6.32 Å². The Morgan fingerprint density at radius 1 is 1.24 bits per heavy atom. The van der Waals surface area contributed by atoms with Gasteiger partial charge in [-0.2, -0.15) is 0 Å². The molecule has 29 heavy (non-hydrogen) atoms. The number of phenolic OH excluding ortho intramolecular Hbond substituents is 1. The molecule has 6 heteroatoms. The van der Waals surface area contributed by atoms with Gasteiger partial charge in [-0.15, -0.1) is 0 Å². The van der Waals surface area contributed by atoms with Crippen LogP contribution >= 0.6 is 0 Å². The van der Waals surface area contributed by atoms with E-state index in [1.54, 1.807) is 6.07 Å². The molecule has 0 saturated heterocycles. The van der Waals surface area contributed by atoms with Crippen molar-refractivity contribution in [1.82, 2.24) is 0 Å². The summed E-state index contributed by atoms with van der Waals surface area (Å²) in [5, 5.41) is 28.8. The van der Waals surface area contributed by atoms with Gasteiger partial charge in [0.25, 0.3) is 0 Å². The van der Waals surface area contributed by atoms with Crippen molar-refractivity contribution < 1.29 is 24.3 Å². The molecule has 150 valence electrons. The fraction of sp³-hybridized carbons (Fsp3) is 0.217. The smallest absolute Gasteiger partial charge is 0.458 e. The van der Waals surface area contributed by atoms with Crippen molar-refractivity contribution in [3.63, 3.8) is 0 Å². The number of phenols is 1. The van der Waals surface area contributed by atoms with Crippen LogP contribution in [0.5, 0.6) is 5.75 Å². The Kier molecular flexibility index (Phi) is 7.04. The van der Waals surface area contributed by atoms with Crippen LogP contribution in [-0.4, -0.2) is 35.1 Å². The van der Waals surface area contributed by atoms with E-state index in [4.69, 9.17) is 4.65 Å². The third-order valence-electron chi connectivity index (χ3n) is 4.94. The molecule has 0 spiro atoms. The molecular formula is C23H24BFO4. The van der Waals surface area contributed by atoms with E-state index in [1.165, 1.54) is 12.1 Å². The number of aliphatic hydroxyl groups is 1. The van der Waals surface area contributed by atoms with Crippen LogP contribution in [0.25, 0.3) is 11.6 Å². The number of allylic oxidation sites excluding steroid dienone is 2. The molecule has 4 nitrogen and oxygen atoms in total. The van der Waals surface area contributed by atoms with Gasteiger partial charge >= 0.3 is 7.12 Å². The predicted octanol–water partition coefficient (Wildman–Crippen LogP) is 4.21. The SMILES string of the molecule is C=C(CO)C1=CCB(O)OC1CC/C(=C/c1ccc(O)c(F)c1)c1ccccc1. The summed E-state index contributed by atoms with van der Waals surface area (Å²) < 4.78 is 19.5. The van der Waals surface area contributed by atoms with E-state index in [2.05, 4.69) is 6.58 Å². The molecular weight excluding hydrogens is 370 g/mol. The van der Waals surface area contributed by atoms with Gasteiger partial charge in [-0.05, 0) is 52.8 Å². The van der Waals surface area contributed by atoms with E-state index in [1.807, 2.05) is 42.5 Å². The predicted molar refractivity (Wildman–Crippen MR) is 114 cm³/mol. The summed E-state index contributed by atoms with van der Waals surface area (Å²) in [6.07, 6.45) is 4.87. The third kappa shape index (κ3) is 5.44. The number of rotatable bonds is 7. The number of hydrogen-bond donors (Lipinski definition) is 3. The van der Waals surface area contributed by atoms with Crippen molar-refractivity contribution in [2.24, 2.45) is 0 Å². The maximum Gasteiger partial charge on any atom is 0.458 e. The molecule has 3 rings (SSSR count). The first-order chi connectivity index (χ1) is 14.0. The number of halogens is 1. The lowest BCUT2D eigenvalue weighted by Crippen LogP contribution is -2.32. The second-order valence-corrected chi connectivity index (χ2v) is 7.02. The molecule has 0 aromatic heterocycles. The zero-order valence-corrected chi connectivity index (χ0v) is 16.1. The summed E-state index contributed by atoms with van der Waals surface area (Å²) in [5.74, 6) is -1.06. The number of aliphatic hydroxyl groups excluding tert-OH is 1. The molecule has 1 aliphatic rings. The normalized spacial score (nSPS) is 17.2. The maximum absolute atomic E-state index is 13.8. The fourth-order valence-electron chi connectivity index (χ4n) is 3.42. The van der Waals surface area contributed by atoms with Gasteiger partial charge in [0.15, 0.2) is 11.6 Å². The molecule has 1 unspecified atom stereocenters. The minimum absolute atomic E-state index is 0.171. The van der Waals surface area contributed by atoms with E-state index < -0.39 is 12.9 Å². The fourth-order valence-corrected chi connectivity index (χ4v) is 3.42. The van der Waals surface area contributed by atoms with Crippen LogP contribution in [0.1, 0.15) is 24.0 Å². The molecule has 1 aliphatic heterocycles. The lowest BCUT2D eigenvalue weighted by molar-refractivity contribution is 0.182. The highest BCUT2D eigenvalue weighted by molar-refractivity contribution is 6.43. The Morgan fingerprint density at radius 2 is 2.00 bits per heavy atom. The standard InChI is InChI=1S/C23H24BFO4/c1-16(15-26)20-11-12-24(28)29-23(20)10-8-19(18-5-3-2-4-6-18)13-17-7-9-22(27)21(25)14-17/h2-7,9,11,13-14,23,26-28H,1,8,10,12,15H2/b19-13-. The highest BCUT2D eigenvalue weighted by Gasteiger charge is 2.28. The summed E-state index contributed by atoms with van der Waals surface area (Å²) in [5.41, 5.74) is 3.98. The van der Waals surface area contributed by atoms with Crippen LogP contribution in [0, 0.1) is 5.82 Å². The average molecular weight is 394 g/mol. The quantitative estimate of drug-likeness (QED) is 0.486. The molecule has 0 saturated carbocycles. The van der Waals surface area contributed by atoms with Crippen molar-refractivity contribution in [3.05, 3.63) is 89.3 Å². The Labute approximate surface area is 170 Å². The minimum Gasteiger partial charge on any atom is -0.505 e. The maximum atomic E-state index is 13.8.